The third-order valence-corrected chi connectivity index (χ3v) is 3.77. The molecule has 5 heteroatoms. The maximum absolute atomic E-state index is 12.0. The number of rotatable bonds is 4. The van der Waals surface area contributed by atoms with Gasteiger partial charge in [-0.3, -0.25) is 9.59 Å². The Bertz CT molecular complexity index is 742. The Kier molecular flexibility index (Phi) is 4.02. The van der Waals surface area contributed by atoms with Crippen LogP contribution < -0.4 is 14.4 Å². The third-order valence-electron chi connectivity index (χ3n) is 3.77. The molecule has 2 aromatic carbocycles. The Morgan fingerprint density at radius 1 is 1.26 bits per heavy atom. The second-order valence-corrected chi connectivity index (χ2v) is 5.42. The van der Waals surface area contributed by atoms with Crippen LogP contribution in [0.3, 0.4) is 0 Å². The Labute approximate surface area is 134 Å². The fraction of sp³-hybridized carbons (Fsp3) is 0.222. The van der Waals surface area contributed by atoms with E-state index in [1.54, 1.807) is 26.1 Å². The Morgan fingerprint density at radius 2 is 2.00 bits per heavy atom. The summed E-state index contributed by atoms with van der Waals surface area (Å²) >= 11 is 0. The molecule has 0 aromatic heterocycles. The molecule has 23 heavy (non-hydrogen) atoms. The zero-order chi connectivity index (χ0) is 16.4. The average molecular weight is 311 g/mol. The summed E-state index contributed by atoms with van der Waals surface area (Å²) in [7, 11) is 1.66. The monoisotopic (exact) mass is 311 g/mol. The van der Waals surface area contributed by atoms with Crippen LogP contribution in [0, 0.1) is 0 Å². The van der Waals surface area contributed by atoms with Gasteiger partial charge < -0.3 is 14.4 Å². The molecule has 0 radical (unpaired) electrons. The van der Waals surface area contributed by atoms with E-state index in [0.29, 0.717) is 29.4 Å². The molecule has 1 amide bonds. The number of likely N-dealkylation sites (N-methyl/N-ethyl adjacent to an activating group) is 1. The van der Waals surface area contributed by atoms with Crippen molar-refractivity contribution in [3.63, 3.8) is 0 Å². The van der Waals surface area contributed by atoms with Crippen LogP contribution >= 0.6 is 0 Å². The lowest BCUT2D eigenvalue weighted by atomic mass is 10.1. The minimum atomic E-state index is -0.589. The van der Waals surface area contributed by atoms with E-state index in [0.717, 1.165) is 11.8 Å². The summed E-state index contributed by atoms with van der Waals surface area (Å²) < 4.78 is 11.5. The average Bonchev–Trinajstić information content (AvgIpc) is 2.59. The molecule has 0 aliphatic carbocycles. The van der Waals surface area contributed by atoms with Gasteiger partial charge in [-0.05, 0) is 24.6 Å². The summed E-state index contributed by atoms with van der Waals surface area (Å²) in [6, 6.07) is 13.0. The van der Waals surface area contributed by atoms with Crippen molar-refractivity contribution in [1.82, 2.24) is 0 Å². The highest BCUT2D eigenvalue weighted by Gasteiger charge is 2.31. The van der Waals surface area contributed by atoms with E-state index in [1.165, 1.54) is 4.90 Å². The molecule has 118 valence electrons. The molecule has 1 heterocycles. The fourth-order valence-electron chi connectivity index (χ4n) is 2.51. The van der Waals surface area contributed by atoms with E-state index in [4.69, 9.17) is 9.47 Å². The summed E-state index contributed by atoms with van der Waals surface area (Å²) in [6.45, 7) is 2.04. The topological polar surface area (TPSA) is 55.8 Å². The minimum Gasteiger partial charge on any atom is -0.485 e. The number of anilines is 1. The van der Waals surface area contributed by atoms with Crippen molar-refractivity contribution in [3.8, 4) is 11.5 Å². The van der Waals surface area contributed by atoms with Crippen molar-refractivity contribution in [1.29, 1.82) is 0 Å². The third kappa shape index (κ3) is 2.90. The van der Waals surface area contributed by atoms with Gasteiger partial charge in [0, 0.05) is 12.6 Å². The van der Waals surface area contributed by atoms with Crippen LogP contribution in [0.1, 0.15) is 22.8 Å². The number of hydrogen-bond donors (Lipinski definition) is 0. The molecule has 0 saturated carbocycles. The van der Waals surface area contributed by atoms with Crippen LogP contribution in [0.2, 0.25) is 0 Å². The highest BCUT2D eigenvalue weighted by molar-refractivity contribution is 6.01. The number of hydrogen-bond acceptors (Lipinski definition) is 4. The van der Waals surface area contributed by atoms with Crippen LogP contribution in [0.5, 0.6) is 11.5 Å². The summed E-state index contributed by atoms with van der Waals surface area (Å²) in [6.07, 6.45) is 0.139. The fourth-order valence-corrected chi connectivity index (χ4v) is 2.51. The summed E-state index contributed by atoms with van der Waals surface area (Å²) in [5, 5.41) is 0. The highest BCUT2D eigenvalue weighted by atomic mass is 16.5. The van der Waals surface area contributed by atoms with Crippen molar-refractivity contribution >= 4 is 17.9 Å². The smallest absolute Gasteiger partial charge is 0.267 e. The standard InChI is InChI=1S/C18H17NO4/c1-12-18(21)19(2)15-8-14(10-20)9-16(17(15)23-12)22-11-13-6-4-3-5-7-13/h3-10,12H,11H2,1-2H3. The molecule has 0 bridgehead atoms. The number of nitrogens with zero attached hydrogens (tertiary/aromatic N) is 1. The lowest BCUT2D eigenvalue weighted by molar-refractivity contribution is -0.125. The maximum Gasteiger partial charge on any atom is 0.267 e. The van der Waals surface area contributed by atoms with Gasteiger partial charge in [-0.25, -0.2) is 0 Å². The van der Waals surface area contributed by atoms with Crippen molar-refractivity contribution in [2.45, 2.75) is 19.6 Å². The number of carbonyl (C=O) groups is 2. The van der Waals surface area contributed by atoms with E-state index in [-0.39, 0.29) is 5.91 Å². The highest BCUT2D eigenvalue weighted by Crippen LogP contribution is 2.42. The normalized spacial score (nSPS) is 16.5. The number of ether oxygens (including phenoxy) is 2. The number of aldehydes is 1. The zero-order valence-electron chi connectivity index (χ0n) is 13.0. The van der Waals surface area contributed by atoms with E-state index in [2.05, 4.69) is 0 Å². The van der Waals surface area contributed by atoms with Crippen molar-refractivity contribution in [2.75, 3.05) is 11.9 Å². The van der Waals surface area contributed by atoms with Crippen molar-refractivity contribution < 1.29 is 19.1 Å². The first-order chi connectivity index (χ1) is 11.1. The van der Waals surface area contributed by atoms with Crippen LogP contribution in [0.15, 0.2) is 42.5 Å². The second kappa shape index (κ2) is 6.12. The van der Waals surface area contributed by atoms with Gasteiger partial charge in [0.2, 0.25) is 0 Å². The first kappa shape index (κ1) is 15.1. The first-order valence-electron chi connectivity index (χ1n) is 7.34. The molecule has 1 atom stereocenters. The lowest BCUT2D eigenvalue weighted by Gasteiger charge is -2.31. The van der Waals surface area contributed by atoms with Crippen molar-refractivity contribution in [2.24, 2.45) is 0 Å². The molecule has 0 saturated heterocycles. The van der Waals surface area contributed by atoms with Crippen LogP contribution in [-0.4, -0.2) is 25.3 Å². The van der Waals surface area contributed by atoms with E-state index < -0.39 is 6.10 Å². The van der Waals surface area contributed by atoms with Crippen molar-refractivity contribution in [3.05, 3.63) is 53.6 Å². The van der Waals surface area contributed by atoms with Gasteiger partial charge >= 0.3 is 0 Å². The predicted molar refractivity (Wildman–Crippen MR) is 86.1 cm³/mol. The number of benzene rings is 2. The van der Waals surface area contributed by atoms with Crippen LogP contribution in [-0.2, 0) is 11.4 Å². The molecule has 0 N–H and O–H groups in total. The molecule has 3 rings (SSSR count). The van der Waals surface area contributed by atoms with Gasteiger partial charge in [0.15, 0.2) is 17.6 Å². The van der Waals surface area contributed by atoms with Gasteiger partial charge in [-0.1, -0.05) is 30.3 Å². The molecule has 1 aliphatic heterocycles. The Morgan fingerprint density at radius 3 is 2.70 bits per heavy atom. The largest absolute Gasteiger partial charge is 0.485 e. The van der Waals surface area contributed by atoms with E-state index in [9.17, 15) is 9.59 Å². The predicted octanol–water partition coefficient (Wildman–Crippen LogP) is 2.82. The first-order valence-corrected chi connectivity index (χ1v) is 7.34. The van der Waals surface area contributed by atoms with E-state index in [1.807, 2.05) is 30.3 Å². The molecule has 2 aromatic rings. The van der Waals surface area contributed by atoms with Crippen LogP contribution in [0.25, 0.3) is 0 Å². The molecule has 0 spiro atoms. The molecule has 1 aliphatic rings. The number of fused-ring (bicyclic) bond motifs is 1. The van der Waals surface area contributed by atoms with Crippen LogP contribution in [0.4, 0.5) is 5.69 Å². The number of carbonyl (C=O) groups excluding carboxylic acids is 2. The van der Waals surface area contributed by atoms with Gasteiger partial charge in [-0.15, -0.1) is 0 Å². The van der Waals surface area contributed by atoms with Gasteiger partial charge in [0.25, 0.3) is 5.91 Å². The van der Waals surface area contributed by atoms with E-state index >= 15 is 0 Å². The molecular formula is C18H17NO4. The molecule has 5 nitrogen and oxygen atoms in total. The second-order valence-electron chi connectivity index (χ2n) is 5.42. The summed E-state index contributed by atoms with van der Waals surface area (Å²) in [5.74, 6) is 0.787. The maximum atomic E-state index is 12.0. The quantitative estimate of drug-likeness (QED) is 0.815. The summed E-state index contributed by atoms with van der Waals surface area (Å²) in [4.78, 5) is 24.7. The zero-order valence-corrected chi connectivity index (χ0v) is 13.0. The number of amides is 1. The lowest BCUT2D eigenvalue weighted by Crippen LogP contribution is -2.42. The van der Waals surface area contributed by atoms with Gasteiger partial charge in [0.05, 0.1) is 5.69 Å². The summed E-state index contributed by atoms with van der Waals surface area (Å²) in [5.41, 5.74) is 1.98. The minimum absolute atomic E-state index is 0.158. The van der Waals surface area contributed by atoms with Gasteiger partial charge in [-0.2, -0.15) is 0 Å². The Balaban J connectivity index is 1.96. The molecule has 0 fully saturated rings. The molecule has 1 unspecified atom stereocenters. The molecular weight excluding hydrogens is 294 g/mol. The Hall–Kier alpha value is -2.82. The van der Waals surface area contributed by atoms with Gasteiger partial charge in [0.1, 0.15) is 12.9 Å². The SMILES string of the molecule is CC1Oc2c(OCc3ccccc3)cc(C=O)cc2N(C)C1=O.